The molecule has 0 aliphatic carbocycles. The topological polar surface area (TPSA) is 90.7 Å². The predicted octanol–water partition coefficient (Wildman–Crippen LogP) is 3.91. The van der Waals surface area contributed by atoms with Crippen LogP contribution >= 0.6 is 0 Å². The van der Waals surface area contributed by atoms with Gasteiger partial charge in [0.15, 0.2) is 0 Å². The van der Waals surface area contributed by atoms with E-state index in [0.29, 0.717) is 17.2 Å². The summed E-state index contributed by atoms with van der Waals surface area (Å²) in [5.74, 6) is 0.0160. The fraction of sp³-hybridized carbons (Fsp3) is 0.100. The lowest BCUT2D eigenvalue weighted by Crippen LogP contribution is -2.14. The van der Waals surface area contributed by atoms with Gasteiger partial charge in [-0.2, -0.15) is 5.26 Å². The minimum absolute atomic E-state index is 0.251. The van der Waals surface area contributed by atoms with Crippen LogP contribution in [0.3, 0.4) is 0 Å². The summed E-state index contributed by atoms with van der Waals surface area (Å²) < 4.78 is 0. The van der Waals surface area contributed by atoms with Crippen LogP contribution in [0.1, 0.15) is 28.5 Å². The van der Waals surface area contributed by atoms with Crippen LogP contribution in [-0.2, 0) is 6.42 Å². The van der Waals surface area contributed by atoms with Gasteiger partial charge in [-0.25, -0.2) is 9.97 Å². The molecule has 0 radical (unpaired) electrons. The Hall–Kier alpha value is -3.72. The first-order valence-electron chi connectivity index (χ1n) is 8.19. The number of carbonyl (C=O) groups excluding carboxylic acids is 1. The van der Waals surface area contributed by atoms with Gasteiger partial charge < -0.3 is 10.6 Å². The van der Waals surface area contributed by atoms with Crippen LogP contribution in [0, 0.1) is 11.3 Å². The van der Waals surface area contributed by atoms with Gasteiger partial charge in [0.25, 0.3) is 5.91 Å². The van der Waals surface area contributed by atoms with Crippen LogP contribution in [0.25, 0.3) is 0 Å². The number of hydrogen-bond donors (Lipinski definition) is 2. The average molecular weight is 343 g/mol. The molecule has 6 heteroatoms. The van der Waals surface area contributed by atoms with E-state index >= 15 is 0 Å². The quantitative estimate of drug-likeness (QED) is 0.733. The van der Waals surface area contributed by atoms with Crippen molar-refractivity contribution in [2.24, 2.45) is 0 Å². The fourth-order valence-electron chi connectivity index (χ4n) is 2.44. The molecule has 6 nitrogen and oxygen atoms in total. The number of para-hydroxylation sites is 1. The zero-order chi connectivity index (χ0) is 18.4. The summed E-state index contributed by atoms with van der Waals surface area (Å²) in [7, 11) is 0. The van der Waals surface area contributed by atoms with E-state index in [4.69, 9.17) is 5.26 Å². The third-order valence-electron chi connectivity index (χ3n) is 3.80. The molecule has 2 N–H and O–H groups in total. The molecule has 1 heterocycles. The number of amides is 1. The first-order valence-corrected chi connectivity index (χ1v) is 8.19. The minimum atomic E-state index is -0.344. The van der Waals surface area contributed by atoms with Crippen molar-refractivity contribution in [2.75, 3.05) is 10.6 Å². The van der Waals surface area contributed by atoms with Crippen LogP contribution in [-0.4, -0.2) is 15.9 Å². The Morgan fingerprint density at radius 1 is 1.12 bits per heavy atom. The third kappa shape index (κ3) is 4.02. The Bertz CT molecular complexity index is 960. The number of nitriles is 1. The molecule has 0 atom stereocenters. The van der Waals surface area contributed by atoms with Gasteiger partial charge in [-0.3, -0.25) is 4.79 Å². The van der Waals surface area contributed by atoms with Gasteiger partial charge in [-0.05, 0) is 48.4 Å². The van der Waals surface area contributed by atoms with Crippen molar-refractivity contribution >= 4 is 23.2 Å². The lowest BCUT2D eigenvalue weighted by Gasteiger charge is -2.10. The van der Waals surface area contributed by atoms with Gasteiger partial charge in [0.05, 0.1) is 11.6 Å². The number of rotatable bonds is 5. The smallest absolute Gasteiger partial charge is 0.274 e. The molecule has 0 saturated carbocycles. The van der Waals surface area contributed by atoms with Crippen LogP contribution in [0.2, 0.25) is 0 Å². The Morgan fingerprint density at radius 3 is 2.62 bits per heavy atom. The van der Waals surface area contributed by atoms with Gasteiger partial charge in [-0.1, -0.05) is 25.1 Å². The molecule has 1 aromatic heterocycles. The Kier molecular flexibility index (Phi) is 5.20. The van der Waals surface area contributed by atoms with E-state index in [2.05, 4.69) is 27.5 Å². The second-order valence-electron chi connectivity index (χ2n) is 5.54. The summed E-state index contributed by atoms with van der Waals surface area (Å²) >= 11 is 0. The highest BCUT2D eigenvalue weighted by Gasteiger charge is 2.10. The van der Waals surface area contributed by atoms with E-state index in [9.17, 15) is 4.79 Å². The molecular weight excluding hydrogens is 326 g/mol. The zero-order valence-electron chi connectivity index (χ0n) is 14.2. The van der Waals surface area contributed by atoms with Crippen molar-refractivity contribution in [1.82, 2.24) is 9.97 Å². The third-order valence-corrected chi connectivity index (χ3v) is 3.80. The molecule has 128 valence electrons. The van der Waals surface area contributed by atoms with Crippen molar-refractivity contribution in [3.8, 4) is 6.07 Å². The van der Waals surface area contributed by atoms with Crippen molar-refractivity contribution < 1.29 is 4.79 Å². The maximum absolute atomic E-state index is 12.4. The molecule has 26 heavy (non-hydrogen) atoms. The molecule has 0 aliphatic rings. The van der Waals surface area contributed by atoms with Crippen molar-refractivity contribution in [3.63, 3.8) is 0 Å². The Morgan fingerprint density at radius 2 is 1.88 bits per heavy atom. The van der Waals surface area contributed by atoms with Gasteiger partial charge in [0, 0.05) is 17.6 Å². The van der Waals surface area contributed by atoms with Crippen molar-refractivity contribution in [3.05, 3.63) is 77.6 Å². The van der Waals surface area contributed by atoms with Gasteiger partial charge in [0.2, 0.25) is 5.95 Å². The monoisotopic (exact) mass is 343 g/mol. The first kappa shape index (κ1) is 17.1. The van der Waals surface area contributed by atoms with Crippen LogP contribution in [0.15, 0.2) is 60.8 Å². The lowest BCUT2D eigenvalue weighted by atomic mass is 10.1. The first-order chi connectivity index (χ1) is 12.7. The highest BCUT2D eigenvalue weighted by Crippen LogP contribution is 2.19. The number of anilines is 3. The SMILES string of the molecule is CCc1ccccc1Nc1nccc(C(=O)Nc2ccc(C#N)cc2)n1. The van der Waals surface area contributed by atoms with E-state index in [0.717, 1.165) is 17.7 Å². The molecular formula is C20H17N5O. The summed E-state index contributed by atoms with van der Waals surface area (Å²) in [6.07, 6.45) is 2.42. The van der Waals surface area contributed by atoms with Crippen LogP contribution in [0.5, 0.6) is 0 Å². The molecule has 0 spiro atoms. The molecule has 0 unspecified atom stereocenters. The van der Waals surface area contributed by atoms with E-state index in [-0.39, 0.29) is 11.6 Å². The Labute approximate surface area is 151 Å². The van der Waals surface area contributed by atoms with Crippen LogP contribution in [0.4, 0.5) is 17.3 Å². The fourth-order valence-corrected chi connectivity index (χ4v) is 2.44. The molecule has 0 bridgehead atoms. The van der Waals surface area contributed by atoms with Crippen molar-refractivity contribution in [2.45, 2.75) is 13.3 Å². The number of aromatic nitrogens is 2. The van der Waals surface area contributed by atoms with Gasteiger partial charge in [-0.15, -0.1) is 0 Å². The molecule has 1 amide bonds. The maximum atomic E-state index is 12.4. The zero-order valence-corrected chi connectivity index (χ0v) is 14.2. The lowest BCUT2D eigenvalue weighted by molar-refractivity contribution is 0.102. The number of hydrogen-bond acceptors (Lipinski definition) is 5. The van der Waals surface area contributed by atoms with E-state index < -0.39 is 0 Å². The Balaban J connectivity index is 1.75. The molecule has 2 aromatic carbocycles. The molecule has 3 rings (SSSR count). The molecule has 3 aromatic rings. The predicted molar refractivity (Wildman–Crippen MR) is 100 cm³/mol. The second kappa shape index (κ2) is 7.90. The standard InChI is InChI=1S/C20H17N5O/c1-2-15-5-3-4-6-17(15)24-20-22-12-11-18(25-20)19(26)23-16-9-7-14(13-21)8-10-16/h3-12H,2H2,1H3,(H,23,26)(H,22,24,25). The minimum Gasteiger partial charge on any atom is -0.324 e. The number of benzene rings is 2. The van der Waals surface area contributed by atoms with Gasteiger partial charge in [0.1, 0.15) is 5.69 Å². The molecule has 0 saturated heterocycles. The maximum Gasteiger partial charge on any atom is 0.274 e. The van der Waals surface area contributed by atoms with E-state index in [1.165, 1.54) is 6.20 Å². The number of carbonyl (C=O) groups is 1. The summed E-state index contributed by atoms with van der Waals surface area (Å²) in [4.78, 5) is 20.9. The van der Waals surface area contributed by atoms with Crippen molar-refractivity contribution in [1.29, 1.82) is 5.26 Å². The highest BCUT2D eigenvalue weighted by atomic mass is 16.1. The summed E-state index contributed by atoms with van der Waals surface area (Å²) in [6, 6.07) is 18.1. The highest BCUT2D eigenvalue weighted by molar-refractivity contribution is 6.03. The number of aryl methyl sites for hydroxylation is 1. The largest absolute Gasteiger partial charge is 0.324 e. The van der Waals surface area contributed by atoms with Gasteiger partial charge >= 0.3 is 0 Å². The summed E-state index contributed by atoms with van der Waals surface area (Å²) in [5, 5.41) is 14.7. The van der Waals surface area contributed by atoms with E-state index in [1.54, 1.807) is 30.3 Å². The number of nitrogens with zero attached hydrogens (tertiary/aromatic N) is 3. The molecule has 0 aliphatic heterocycles. The van der Waals surface area contributed by atoms with E-state index in [1.807, 2.05) is 30.3 Å². The second-order valence-corrected chi connectivity index (χ2v) is 5.54. The summed E-state index contributed by atoms with van der Waals surface area (Å²) in [5.41, 5.74) is 3.44. The average Bonchev–Trinajstić information content (AvgIpc) is 2.69. The normalized spacial score (nSPS) is 10.0. The molecule has 0 fully saturated rings. The van der Waals surface area contributed by atoms with Crippen LogP contribution < -0.4 is 10.6 Å². The number of nitrogens with one attached hydrogen (secondary N) is 2. The summed E-state index contributed by atoms with van der Waals surface area (Å²) in [6.45, 7) is 2.07.